The Bertz CT molecular complexity index is 924. The van der Waals surface area contributed by atoms with E-state index in [9.17, 15) is 0 Å². The smallest absolute Gasteiger partial charge is 0.269 e. The molecule has 1 aromatic heterocycles. The molecule has 0 unspecified atom stereocenters. The lowest BCUT2D eigenvalue weighted by atomic mass is 10.1. The first-order chi connectivity index (χ1) is 11.7. The molecule has 0 radical (unpaired) electrons. The first kappa shape index (κ1) is 15.8. The Morgan fingerprint density at radius 2 is 1.96 bits per heavy atom. The summed E-state index contributed by atoms with van der Waals surface area (Å²) in [7, 11) is 1.58. The molecule has 3 aromatic rings. The van der Waals surface area contributed by atoms with Crippen LogP contribution >= 0.6 is 11.6 Å². The second-order valence-corrected chi connectivity index (χ2v) is 5.26. The fourth-order valence-electron chi connectivity index (χ4n) is 2.12. The van der Waals surface area contributed by atoms with Crippen LogP contribution in [0.1, 0.15) is 17.0 Å². The largest absolute Gasteiger partial charge is 0.496 e. The maximum atomic E-state index is 8.81. The Morgan fingerprint density at radius 1 is 1.21 bits per heavy atom. The molecular weight excluding hydrogens is 326 g/mol. The van der Waals surface area contributed by atoms with E-state index in [0.717, 1.165) is 11.1 Å². The second-order valence-electron chi connectivity index (χ2n) is 4.85. The number of nitriles is 1. The van der Waals surface area contributed by atoms with Gasteiger partial charge < -0.3 is 9.26 Å². The van der Waals surface area contributed by atoms with Gasteiger partial charge in [0.25, 0.3) is 5.89 Å². The van der Waals surface area contributed by atoms with Gasteiger partial charge in [0.15, 0.2) is 0 Å². The molecule has 0 aliphatic heterocycles. The van der Waals surface area contributed by atoms with E-state index in [1.807, 2.05) is 24.3 Å². The molecule has 0 bridgehead atoms. The molecule has 24 heavy (non-hydrogen) atoms. The Hall–Kier alpha value is -3.10. The van der Waals surface area contributed by atoms with Gasteiger partial charge in [0.1, 0.15) is 10.8 Å². The number of methoxy groups -OCH3 is 1. The van der Waals surface area contributed by atoms with Crippen molar-refractivity contribution < 1.29 is 9.26 Å². The van der Waals surface area contributed by atoms with Crippen LogP contribution in [-0.2, 0) is 0 Å². The first-order valence-electron chi connectivity index (χ1n) is 7.06. The van der Waals surface area contributed by atoms with E-state index < -0.39 is 0 Å². The topological polar surface area (TPSA) is 71.9 Å². The molecule has 0 atom stereocenters. The molecule has 0 N–H and O–H groups in total. The predicted molar refractivity (Wildman–Crippen MR) is 91.2 cm³/mol. The van der Waals surface area contributed by atoms with Gasteiger partial charge in [-0.2, -0.15) is 10.2 Å². The first-order valence-corrected chi connectivity index (χ1v) is 7.44. The molecular formula is C18H12ClN3O2. The highest BCUT2D eigenvalue weighted by Gasteiger charge is 2.14. The number of nitrogens with zero attached hydrogens (tertiary/aromatic N) is 3. The molecule has 1 heterocycles. The minimum absolute atomic E-state index is 0.210. The lowest BCUT2D eigenvalue weighted by Crippen LogP contribution is -1.88. The van der Waals surface area contributed by atoms with E-state index in [-0.39, 0.29) is 5.89 Å². The highest BCUT2D eigenvalue weighted by molar-refractivity contribution is 6.50. The zero-order valence-corrected chi connectivity index (χ0v) is 13.5. The maximum absolute atomic E-state index is 8.81. The van der Waals surface area contributed by atoms with Crippen molar-refractivity contribution in [1.82, 2.24) is 10.1 Å². The Balaban J connectivity index is 1.89. The van der Waals surface area contributed by atoms with Gasteiger partial charge in [-0.3, -0.25) is 0 Å². The number of halogens is 1. The summed E-state index contributed by atoms with van der Waals surface area (Å²) in [6.45, 7) is 0. The van der Waals surface area contributed by atoms with E-state index >= 15 is 0 Å². The molecule has 0 aliphatic carbocycles. The van der Waals surface area contributed by atoms with Gasteiger partial charge in [-0.15, -0.1) is 0 Å². The van der Waals surface area contributed by atoms with Crippen molar-refractivity contribution in [2.24, 2.45) is 0 Å². The minimum atomic E-state index is 0.210. The minimum Gasteiger partial charge on any atom is -0.496 e. The van der Waals surface area contributed by atoms with Gasteiger partial charge in [-0.25, -0.2) is 0 Å². The number of ether oxygens (including phenoxy) is 1. The summed E-state index contributed by atoms with van der Waals surface area (Å²) in [5.74, 6) is 1.26. The van der Waals surface area contributed by atoms with E-state index in [4.69, 9.17) is 26.1 Å². The zero-order chi connectivity index (χ0) is 16.9. The van der Waals surface area contributed by atoms with Crippen LogP contribution in [0.25, 0.3) is 22.5 Å². The molecule has 5 nitrogen and oxygen atoms in total. The van der Waals surface area contributed by atoms with Crippen molar-refractivity contribution in [1.29, 1.82) is 5.26 Å². The van der Waals surface area contributed by atoms with E-state index in [0.29, 0.717) is 22.2 Å². The van der Waals surface area contributed by atoms with Crippen molar-refractivity contribution in [2.45, 2.75) is 0 Å². The number of para-hydroxylation sites is 1. The fourth-order valence-corrected chi connectivity index (χ4v) is 2.32. The Kier molecular flexibility index (Phi) is 4.59. The van der Waals surface area contributed by atoms with Crippen LogP contribution in [0, 0.1) is 11.3 Å². The molecule has 0 amide bonds. The number of aromatic nitrogens is 2. The second kappa shape index (κ2) is 6.99. The maximum Gasteiger partial charge on any atom is 0.269 e. The number of rotatable bonds is 4. The van der Waals surface area contributed by atoms with Gasteiger partial charge in [-0.1, -0.05) is 41.0 Å². The lowest BCUT2D eigenvalue weighted by Gasteiger charge is -2.02. The van der Waals surface area contributed by atoms with E-state index in [1.54, 1.807) is 37.5 Å². The molecule has 6 heteroatoms. The molecule has 0 spiro atoms. The molecule has 2 aromatic carbocycles. The summed E-state index contributed by atoms with van der Waals surface area (Å²) in [4.78, 5) is 4.31. The van der Waals surface area contributed by atoms with Crippen molar-refractivity contribution in [3.8, 4) is 23.2 Å². The molecule has 0 saturated heterocycles. The van der Waals surface area contributed by atoms with Crippen LogP contribution in [0.5, 0.6) is 5.75 Å². The Labute approximate surface area is 143 Å². The summed E-state index contributed by atoms with van der Waals surface area (Å²) < 4.78 is 10.5. The third-order valence-electron chi connectivity index (χ3n) is 3.31. The molecule has 3 rings (SSSR count). The molecule has 0 aliphatic rings. The molecule has 0 saturated carbocycles. The SMILES string of the molecule is COc1ccccc1-c1noc(/C(Cl)=C/c2ccc(C#N)cc2)n1. The predicted octanol–water partition coefficient (Wildman–Crippen LogP) is 4.35. The van der Waals surface area contributed by atoms with Crippen LogP contribution in [-0.4, -0.2) is 17.3 Å². The number of hydrogen-bond donors (Lipinski definition) is 0. The summed E-state index contributed by atoms with van der Waals surface area (Å²) in [6, 6.07) is 16.5. The van der Waals surface area contributed by atoms with Crippen molar-refractivity contribution in [3.05, 3.63) is 65.5 Å². The van der Waals surface area contributed by atoms with Crippen molar-refractivity contribution in [3.63, 3.8) is 0 Å². The van der Waals surface area contributed by atoms with Crippen molar-refractivity contribution >= 4 is 22.7 Å². The van der Waals surface area contributed by atoms with Gasteiger partial charge in [-0.05, 0) is 35.9 Å². The van der Waals surface area contributed by atoms with Crippen molar-refractivity contribution in [2.75, 3.05) is 7.11 Å². The monoisotopic (exact) mass is 337 g/mol. The quantitative estimate of drug-likeness (QED) is 0.707. The average Bonchev–Trinajstić information content (AvgIpc) is 3.12. The summed E-state index contributed by atoms with van der Waals surface area (Å²) in [5, 5.41) is 13.1. The zero-order valence-electron chi connectivity index (χ0n) is 12.7. The van der Waals surface area contributed by atoms with Gasteiger partial charge in [0.2, 0.25) is 5.82 Å². The highest BCUT2D eigenvalue weighted by Crippen LogP contribution is 2.29. The third kappa shape index (κ3) is 3.29. The summed E-state index contributed by atoms with van der Waals surface area (Å²) >= 11 is 6.26. The van der Waals surface area contributed by atoms with Gasteiger partial charge >= 0.3 is 0 Å². The molecule has 0 fully saturated rings. The van der Waals surface area contributed by atoms with Gasteiger partial charge in [0, 0.05) is 0 Å². The lowest BCUT2D eigenvalue weighted by molar-refractivity contribution is 0.406. The number of hydrogen-bond acceptors (Lipinski definition) is 5. The standard InChI is InChI=1S/C18H12ClN3O2/c1-23-16-5-3-2-4-14(16)17-21-18(24-22-17)15(19)10-12-6-8-13(11-20)9-7-12/h2-10H,1H3/b15-10-. The van der Waals surface area contributed by atoms with Gasteiger partial charge in [0.05, 0.1) is 24.3 Å². The van der Waals surface area contributed by atoms with Crippen LogP contribution in [0.4, 0.5) is 0 Å². The number of benzene rings is 2. The van der Waals surface area contributed by atoms with E-state index in [1.165, 1.54) is 0 Å². The van der Waals surface area contributed by atoms with Crippen LogP contribution in [0.2, 0.25) is 0 Å². The Morgan fingerprint density at radius 3 is 2.67 bits per heavy atom. The van der Waals surface area contributed by atoms with Crippen LogP contribution in [0.3, 0.4) is 0 Å². The molecule has 118 valence electrons. The average molecular weight is 338 g/mol. The third-order valence-corrected chi connectivity index (χ3v) is 3.58. The fraction of sp³-hybridized carbons (Fsp3) is 0.0556. The summed E-state index contributed by atoms with van der Waals surface area (Å²) in [6.07, 6.45) is 1.70. The van der Waals surface area contributed by atoms with Crippen LogP contribution in [0.15, 0.2) is 53.1 Å². The summed E-state index contributed by atoms with van der Waals surface area (Å²) in [5.41, 5.74) is 2.13. The highest BCUT2D eigenvalue weighted by atomic mass is 35.5. The normalized spacial score (nSPS) is 11.1. The van der Waals surface area contributed by atoms with Crippen LogP contribution < -0.4 is 4.74 Å². The van der Waals surface area contributed by atoms with E-state index in [2.05, 4.69) is 16.2 Å².